The normalized spacial score (nSPS) is 14.9. The van der Waals surface area contributed by atoms with Crippen molar-refractivity contribution in [2.75, 3.05) is 5.73 Å². The second-order valence-electron chi connectivity index (χ2n) is 5.15. The van der Waals surface area contributed by atoms with E-state index in [9.17, 15) is 4.79 Å². The second-order valence-corrected chi connectivity index (χ2v) is 5.55. The van der Waals surface area contributed by atoms with Crippen molar-refractivity contribution in [2.45, 2.75) is 25.7 Å². The molecule has 1 saturated carbocycles. The van der Waals surface area contributed by atoms with Crippen molar-refractivity contribution in [2.24, 2.45) is 7.05 Å². The van der Waals surface area contributed by atoms with E-state index >= 15 is 0 Å². The van der Waals surface area contributed by atoms with Gasteiger partial charge in [-0.1, -0.05) is 17.7 Å². The Morgan fingerprint density at radius 2 is 2.05 bits per heavy atom. The van der Waals surface area contributed by atoms with Gasteiger partial charge in [-0.15, -0.1) is 0 Å². The van der Waals surface area contributed by atoms with E-state index in [0.29, 0.717) is 16.6 Å². The van der Waals surface area contributed by atoms with Crippen LogP contribution in [-0.2, 0) is 7.05 Å². The molecular formula is C14H16ClN3O. The molecule has 1 heterocycles. The van der Waals surface area contributed by atoms with Crippen LogP contribution in [0.3, 0.4) is 0 Å². The minimum atomic E-state index is -0.163. The van der Waals surface area contributed by atoms with E-state index in [1.807, 2.05) is 30.8 Å². The fourth-order valence-electron chi connectivity index (χ4n) is 2.49. The van der Waals surface area contributed by atoms with Crippen LogP contribution in [0, 0.1) is 6.92 Å². The summed E-state index contributed by atoms with van der Waals surface area (Å²) in [6, 6.07) is 5.59. The first kappa shape index (κ1) is 12.4. The average Bonchev–Trinajstić information content (AvgIpc) is 3.15. The molecule has 3 rings (SSSR count). The maximum Gasteiger partial charge on any atom is 0.294 e. The number of nitrogens with two attached hydrogens (primary N) is 1. The predicted molar refractivity (Wildman–Crippen MR) is 77.1 cm³/mol. The lowest BCUT2D eigenvalue weighted by Gasteiger charge is -2.10. The van der Waals surface area contributed by atoms with Crippen LogP contribution in [0.15, 0.2) is 23.0 Å². The third kappa shape index (κ3) is 1.87. The molecule has 1 aromatic heterocycles. The molecule has 100 valence electrons. The van der Waals surface area contributed by atoms with E-state index in [0.717, 1.165) is 29.8 Å². The van der Waals surface area contributed by atoms with E-state index in [-0.39, 0.29) is 5.56 Å². The Bertz CT molecular complexity index is 710. The van der Waals surface area contributed by atoms with Crippen LogP contribution in [0.4, 0.5) is 5.69 Å². The number of rotatable bonds is 2. The van der Waals surface area contributed by atoms with Gasteiger partial charge < -0.3 is 5.73 Å². The molecule has 1 fully saturated rings. The SMILES string of the molecule is Cc1ccc(-n2c(=O)c(N)c(C3CC3)n2C)cc1Cl. The largest absolute Gasteiger partial charge is 0.393 e. The number of benzene rings is 1. The molecule has 0 bridgehead atoms. The lowest BCUT2D eigenvalue weighted by molar-refractivity contribution is 0.616. The molecule has 1 aliphatic rings. The number of hydrogen-bond acceptors (Lipinski definition) is 2. The monoisotopic (exact) mass is 277 g/mol. The molecular weight excluding hydrogens is 262 g/mol. The molecule has 0 spiro atoms. The minimum absolute atomic E-state index is 0.163. The number of anilines is 1. The lowest BCUT2D eigenvalue weighted by atomic mass is 10.2. The molecule has 0 unspecified atom stereocenters. The van der Waals surface area contributed by atoms with Crippen LogP contribution in [-0.4, -0.2) is 9.36 Å². The fraction of sp³-hybridized carbons (Fsp3) is 0.357. The highest BCUT2D eigenvalue weighted by Crippen LogP contribution is 2.42. The van der Waals surface area contributed by atoms with Crippen LogP contribution in [0.1, 0.15) is 30.0 Å². The number of nitrogen functional groups attached to an aromatic ring is 1. The number of nitrogens with zero attached hydrogens (tertiary/aromatic N) is 2. The quantitative estimate of drug-likeness (QED) is 0.917. The van der Waals surface area contributed by atoms with Crippen LogP contribution >= 0.6 is 11.6 Å². The summed E-state index contributed by atoms with van der Waals surface area (Å²) in [5.74, 6) is 0.430. The summed E-state index contributed by atoms with van der Waals surface area (Å²) in [4.78, 5) is 12.3. The molecule has 4 nitrogen and oxygen atoms in total. The van der Waals surface area contributed by atoms with Gasteiger partial charge in [-0.3, -0.25) is 9.48 Å². The molecule has 0 saturated heterocycles. The van der Waals surface area contributed by atoms with Crippen molar-refractivity contribution in [3.8, 4) is 5.69 Å². The maximum atomic E-state index is 12.3. The summed E-state index contributed by atoms with van der Waals surface area (Å²) in [6.45, 7) is 1.93. The van der Waals surface area contributed by atoms with Gasteiger partial charge in [0.25, 0.3) is 5.56 Å². The molecule has 2 aromatic rings. The van der Waals surface area contributed by atoms with Gasteiger partial charge in [0.1, 0.15) is 5.69 Å². The van der Waals surface area contributed by atoms with Gasteiger partial charge >= 0.3 is 0 Å². The van der Waals surface area contributed by atoms with Gasteiger partial charge in [0.05, 0.1) is 11.4 Å². The fourth-order valence-corrected chi connectivity index (χ4v) is 2.66. The van der Waals surface area contributed by atoms with Crippen molar-refractivity contribution in [1.82, 2.24) is 9.36 Å². The van der Waals surface area contributed by atoms with Gasteiger partial charge in [-0.05, 0) is 37.5 Å². The predicted octanol–water partition coefficient (Wildman–Crippen LogP) is 2.60. The van der Waals surface area contributed by atoms with Crippen molar-refractivity contribution in [1.29, 1.82) is 0 Å². The van der Waals surface area contributed by atoms with Crippen LogP contribution in [0.25, 0.3) is 5.69 Å². The number of halogens is 1. The highest BCUT2D eigenvalue weighted by molar-refractivity contribution is 6.31. The first-order chi connectivity index (χ1) is 9.00. The summed E-state index contributed by atoms with van der Waals surface area (Å²) >= 11 is 6.13. The molecule has 5 heteroatoms. The van der Waals surface area contributed by atoms with Crippen LogP contribution in [0.5, 0.6) is 0 Å². The second kappa shape index (κ2) is 4.17. The summed E-state index contributed by atoms with van der Waals surface area (Å²) in [6.07, 6.45) is 2.21. The minimum Gasteiger partial charge on any atom is -0.393 e. The van der Waals surface area contributed by atoms with Crippen molar-refractivity contribution >= 4 is 17.3 Å². The maximum absolute atomic E-state index is 12.3. The molecule has 0 amide bonds. The Morgan fingerprint density at radius 3 is 2.63 bits per heavy atom. The van der Waals surface area contributed by atoms with E-state index in [1.165, 1.54) is 0 Å². The van der Waals surface area contributed by atoms with Gasteiger partial charge in [0, 0.05) is 18.0 Å². The van der Waals surface area contributed by atoms with Gasteiger partial charge in [0.15, 0.2) is 0 Å². The van der Waals surface area contributed by atoms with Gasteiger partial charge in [-0.25, -0.2) is 4.68 Å². The van der Waals surface area contributed by atoms with Crippen LogP contribution < -0.4 is 11.3 Å². The summed E-state index contributed by atoms with van der Waals surface area (Å²) in [5.41, 5.74) is 8.85. The van der Waals surface area contributed by atoms with E-state index in [1.54, 1.807) is 10.7 Å². The Hall–Kier alpha value is -1.68. The Morgan fingerprint density at radius 1 is 1.37 bits per heavy atom. The number of aromatic nitrogens is 2. The van der Waals surface area contributed by atoms with Crippen molar-refractivity contribution in [3.63, 3.8) is 0 Å². The summed E-state index contributed by atoms with van der Waals surface area (Å²) < 4.78 is 3.45. The molecule has 0 radical (unpaired) electrons. The molecule has 1 aliphatic carbocycles. The Balaban J connectivity index is 2.22. The molecule has 19 heavy (non-hydrogen) atoms. The van der Waals surface area contributed by atoms with Crippen LogP contribution in [0.2, 0.25) is 5.02 Å². The summed E-state index contributed by atoms with van der Waals surface area (Å²) in [7, 11) is 1.87. The zero-order valence-electron chi connectivity index (χ0n) is 11.0. The number of aryl methyl sites for hydroxylation is 1. The van der Waals surface area contributed by atoms with E-state index in [4.69, 9.17) is 17.3 Å². The van der Waals surface area contributed by atoms with Crippen molar-refractivity contribution < 1.29 is 0 Å². The average molecular weight is 278 g/mol. The highest BCUT2D eigenvalue weighted by Gasteiger charge is 2.31. The third-order valence-electron chi connectivity index (χ3n) is 3.71. The van der Waals surface area contributed by atoms with Gasteiger partial charge in [0.2, 0.25) is 0 Å². The van der Waals surface area contributed by atoms with Gasteiger partial charge in [-0.2, -0.15) is 0 Å². The molecule has 0 aliphatic heterocycles. The number of hydrogen-bond donors (Lipinski definition) is 1. The highest BCUT2D eigenvalue weighted by atomic mass is 35.5. The Kier molecular flexibility index (Phi) is 2.71. The van der Waals surface area contributed by atoms with Crippen molar-refractivity contribution in [3.05, 3.63) is 44.8 Å². The van der Waals surface area contributed by atoms with E-state index in [2.05, 4.69) is 0 Å². The molecule has 1 aromatic carbocycles. The molecule has 0 atom stereocenters. The first-order valence-electron chi connectivity index (χ1n) is 6.34. The summed E-state index contributed by atoms with van der Waals surface area (Å²) in [5, 5.41) is 0.650. The smallest absolute Gasteiger partial charge is 0.294 e. The lowest BCUT2D eigenvalue weighted by Crippen LogP contribution is -2.20. The zero-order valence-corrected chi connectivity index (χ0v) is 11.7. The first-order valence-corrected chi connectivity index (χ1v) is 6.72. The standard InChI is InChI=1S/C14H16ClN3O/c1-8-3-6-10(7-11(8)15)18-14(19)12(16)13(17(18)2)9-4-5-9/h3,6-7,9H,4-5,16H2,1-2H3. The molecule has 2 N–H and O–H groups in total. The van der Waals surface area contributed by atoms with E-state index < -0.39 is 0 Å². The zero-order chi connectivity index (χ0) is 13.7. The third-order valence-corrected chi connectivity index (χ3v) is 4.12. The Labute approximate surface area is 116 Å². The topological polar surface area (TPSA) is 52.9 Å².